The molecule has 0 fully saturated rings. The Morgan fingerprint density at radius 2 is 2.00 bits per heavy atom. The summed E-state index contributed by atoms with van der Waals surface area (Å²) in [6, 6.07) is 4.41. The molecule has 0 amide bonds. The predicted octanol–water partition coefficient (Wildman–Crippen LogP) is 2.28. The number of aromatic amines is 1. The first-order valence-electron chi connectivity index (χ1n) is 5.86. The molecule has 17 heavy (non-hydrogen) atoms. The summed E-state index contributed by atoms with van der Waals surface area (Å²) in [6.07, 6.45) is 3.57. The second-order valence-corrected chi connectivity index (χ2v) is 4.43. The number of imidazole rings is 1. The average molecular weight is 230 g/mol. The lowest BCUT2D eigenvalue weighted by molar-refractivity contribution is 0.575. The maximum Gasteiger partial charge on any atom is 0.121 e. The van der Waals surface area contributed by atoms with Gasteiger partial charge in [0.05, 0.1) is 12.2 Å². The molecule has 0 spiro atoms. The van der Waals surface area contributed by atoms with E-state index >= 15 is 0 Å². The smallest absolute Gasteiger partial charge is 0.121 e. The molecular formula is C13H18N4. The molecule has 0 saturated carbocycles. The second kappa shape index (κ2) is 5.10. The molecule has 0 saturated heterocycles. The number of H-pyrrole nitrogens is 1. The predicted molar refractivity (Wildman–Crippen MR) is 68.5 cm³/mol. The van der Waals surface area contributed by atoms with Crippen LogP contribution in [-0.2, 0) is 6.54 Å². The normalized spacial score (nSPS) is 11.1. The first kappa shape index (κ1) is 11.8. The van der Waals surface area contributed by atoms with Crippen LogP contribution in [0.1, 0.15) is 25.4 Å². The maximum atomic E-state index is 4.61. The Morgan fingerprint density at radius 1 is 1.29 bits per heavy atom. The molecule has 0 aromatic carbocycles. The van der Waals surface area contributed by atoms with Crippen molar-refractivity contribution >= 4 is 0 Å². The lowest BCUT2D eigenvalue weighted by Crippen LogP contribution is -2.22. The fourth-order valence-electron chi connectivity index (χ4n) is 1.70. The van der Waals surface area contributed by atoms with Crippen LogP contribution in [0, 0.1) is 6.92 Å². The largest absolute Gasteiger partial charge is 0.344 e. The van der Waals surface area contributed by atoms with Crippen molar-refractivity contribution in [1.29, 1.82) is 0 Å². The third-order valence-corrected chi connectivity index (χ3v) is 2.57. The number of hydrogen-bond donors (Lipinski definition) is 2. The van der Waals surface area contributed by atoms with Crippen molar-refractivity contribution in [3.05, 3.63) is 36.0 Å². The van der Waals surface area contributed by atoms with E-state index in [2.05, 4.69) is 34.1 Å². The molecule has 2 N–H and O–H groups in total. The molecule has 4 heteroatoms. The Kier molecular flexibility index (Phi) is 3.54. The minimum absolute atomic E-state index is 0.463. The molecule has 2 aromatic rings. The quantitative estimate of drug-likeness (QED) is 0.847. The van der Waals surface area contributed by atoms with Gasteiger partial charge in [0.2, 0.25) is 0 Å². The number of rotatable bonds is 4. The van der Waals surface area contributed by atoms with Crippen LogP contribution in [0.15, 0.2) is 24.5 Å². The first-order valence-corrected chi connectivity index (χ1v) is 5.86. The van der Waals surface area contributed by atoms with E-state index in [-0.39, 0.29) is 0 Å². The Hall–Kier alpha value is -1.68. The highest BCUT2D eigenvalue weighted by Gasteiger charge is 2.08. The first-order chi connectivity index (χ1) is 8.16. The molecule has 2 rings (SSSR count). The third kappa shape index (κ3) is 2.91. The zero-order chi connectivity index (χ0) is 12.3. The van der Waals surface area contributed by atoms with Crippen molar-refractivity contribution in [2.45, 2.75) is 33.4 Å². The van der Waals surface area contributed by atoms with Gasteiger partial charge >= 0.3 is 0 Å². The van der Waals surface area contributed by atoms with Crippen LogP contribution >= 0.6 is 0 Å². The van der Waals surface area contributed by atoms with Crippen molar-refractivity contribution in [1.82, 2.24) is 20.3 Å². The summed E-state index contributed by atoms with van der Waals surface area (Å²) in [4.78, 5) is 11.9. The molecule has 0 aliphatic heterocycles. The van der Waals surface area contributed by atoms with Gasteiger partial charge in [-0.15, -0.1) is 0 Å². The van der Waals surface area contributed by atoms with Crippen LogP contribution in [0.25, 0.3) is 11.3 Å². The summed E-state index contributed by atoms with van der Waals surface area (Å²) in [5, 5.41) is 3.35. The molecule has 0 aliphatic rings. The summed E-state index contributed by atoms with van der Waals surface area (Å²) < 4.78 is 0. The van der Waals surface area contributed by atoms with Crippen LogP contribution in [-0.4, -0.2) is 21.0 Å². The maximum absolute atomic E-state index is 4.61. The lowest BCUT2D eigenvalue weighted by Gasteiger charge is -2.04. The topological polar surface area (TPSA) is 53.6 Å². The number of aromatic nitrogens is 3. The van der Waals surface area contributed by atoms with E-state index in [1.54, 1.807) is 12.4 Å². The molecule has 2 heterocycles. The second-order valence-electron chi connectivity index (χ2n) is 4.43. The number of nitrogens with one attached hydrogen (secondary N) is 2. The standard InChI is InChI=1S/C13H18N4/c1-9(2)15-8-12-16-10(3)13(17-12)11-4-6-14-7-5-11/h4-7,9,15H,8H2,1-3H3,(H,16,17). The zero-order valence-electron chi connectivity index (χ0n) is 10.5. The summed E-state index contributed by atoms with van der Waals surface area (Å²) in [5.41, 5.74) is 3.20. The molecule has 0 bridgehead atoms. The molecule has 0 unspecified atom stereocenters. The van der Waals surface area contributed by atoms with Gasteiger partial charge in [-0.05, 0) is 19.1 Å². The minimum atomic E-state index is 0.463. The zero-order valence-corrected chi connectivity index (χ0v) is 10.5. The molecule has 90 valence electrons. The van der Waals surface area contributed by atoms with Gasteiger partial charge in [-0.25, -0.2) is 4.98 Å². The highest BCUT2D eigenvalue weighted by atomic mass is 15.0. The van der Waals surface area contributed by atoms with Gasteiger partial charge in [-0.3, -0.25) is 4.98 Å². The molecule has 0 aliphatic carbocycles. The molecule has 4 nitrogen and oxygen atoms in total. The van der Waals surface area contributed by atoms with Gasteiger partial charge < -0.3 is 10.3 Å². The average Bonchev–Trinajstić information content (AvgIpc) is 2.69. The lowest BCUT2D eigenvalue weighted by atomic mass is 10.2. The summed E-state index contributed by atoms with van der Waals surface area (Å²) in [7, 11) is 0. The monoisotopic (exact) mass is 230 g/mol. The van der Waals surface area contributed by atoms with E-state index < -0.39 is 0 Å². The third-order valence-electron chi connectivity index (χ3n) is 2.57. The van der Waals surface area contributed by atoms with E-state index in [1.807, 2.05) is 19.1 Å². The minimum Gasteiger partial charge on any atom is -0.344 e. The van der Waals surface area contributed by atoms with Gasteiger partial charge in [0.1, 0.15) is 5.82 Å². The van der Waals surface area contributed by atoms with Crippen molar-refractivity contribution in [2.24, 2.45) is 0 Å². The SMILES string of the molecule is Cc1[nH]c(CNC(C)C)nc1-c1ccncc1. The van der Waals surface area contributed by atoms with Gasteiger partial charge in [0.25, 0.3) is 0 Å². The van der Waals surface area contributed by atoms with Gasteiger partial charge in [-0.1, -0.05) is 13.8 Å². The molecule has 0 atom stereocenters. The summed E-state index contributed by atoms with van der Waals surface area (Å²) >= 11 is 0. The van der Waals surface area contributed by atoms with E-state index in [9.17, 15) is 0 Å². The van der Waals surface area contributed by atoms with Crippen LogP contribution in [0.5, 0.6) is 0 Å². The molecule has 0 radical (unpaired) electrons. The summed E-state index contributed by atoms with van der Waals surface area (Å²) in [5.74, 6) is 0.975. The number of aryl methyl sites for hydroxylation is 1. The van der Waals surface area contributed by atoms with E-state index in [0.29, 0.717) is 6.04 Å². The van der Waals surface area contributed by atoms with Crippen LogP contribution in [0.4, 0.5) is 0 Å². The van der Waals surface area contributed by atoms with E-state index in [1.165, 1.54) is 0 Å². The van der Waals surface area contributed by atoms with Gasteiger partial charge in [-0.2, -0.15) is 0 Å². The number of hydrogen-bond acceptors (Lipinski definition) is 3. The Bertz CT molecular complexity index is 473. The van der Waals surface area contributed by atoms with Gasteiger partial charge in [0, 0.05) is 29.7 Å². The van der Waals surface area contributed by atoms with Crippen molar-refractivity contribution in [3.63, 3.8) is 0 Å². The Labute approximate surface area is 102 Å². The highest BCUT2D eigenvalue weighted by molar-refractivity contribution is 5.60. The Balaban J connectivity index is 2.20. The fourth-order valence-corrected chi connectivity index (χ4v) is 1.70. The Morgan fingerprint density at radius 3 is 2.65 bits per heavy atom. The van der Waals surface area contributed by atoms with Crippen molar-refractivity contribution < 1.29 is 0 Å². The van der Waals surface area contributed by atoms with Crippen LogP contribution in [0.3, 0.4) is 0 Å². The summed E-state index contributed by atoms with van der Waals surface area (Å²) in [6.45, 7) is 7.06. The fraction of sp³-hybridized carbons (Fsp3) is 0.385. The number of nitrogens with zero attached hydrogens (tertiary/aromatic N) is 2. The van der Waals surface area contributed by atoms with E-state index in [4.69, 9.17) is 0 Å². The van der Waals surface area contributed by atoms with E-state index in [0.717, 1.165) is 29.3 Å². The number of pyridine rings is 1. The van der Waals surface area contributed by atoms with Crippen molar-refractivity contribution in [2.75, 3.05) is 0 Å². The molecular weight excluding hydrogens is 212 g/mol. The van der Waals surface area contributed by atoms with Gasteiger partial charge in [0.15, 0.2) is 0 Å². The molecule has 2 aromatic heterocycles. The highest BCUT2D eigenvalue weighted by Crippen LogP contribution is 2.19. The van der Waals surface area contributed by atoms with Crippen LogP contribution in [0.2, 0.25) is 0 Å². The van der Waals surface area contributed by atoms with Crippen LogP contribution < -0.4 is 5.32 Å². The van der Waals surface area contributed by atoms with Crippen molar-refractivity contribution in [3.8, 4) is 11.3 Å².